The lowest BCUT2D eigenvalue weighted by molar-refractivity contribution is -0.109. The van der Waals surface area contributed by atoms with Crippen molar-refractivity contribution in [3.8, 4) is 17.1 Å². The van der Waals surface area contributed by atoms with Gasteiger partial charge in [0, 0.05) is 36.9 Å². The summed E-state index contributed by atoms with van der Waals surface area (Å²) >= 11 is 1.62. The Kier molecular flexibility index (Phi) is 6.43. The maximum absolute atomic E-state index is 11.4. The Labute approximate surface area is 196 Å². The predicted octanol–water partition coefficient (Wildman–Crippen LogP) is 3.54. The Hall–Kier alpha value is -3.14. The molecule has 1 saturated heterocycles. The summed E-state index contributed by atoms with van der Waals surface area (Å²) in [5.74, 6) is 1.42. The molecule has 33 heavy (non-hydrogen) atoms. The van der Waals surface area contributed by atoms with Crippen LogP contribution in [0.15, 0.2) is 47.4 Å². The summed E-state index contributed by atoms with van der Waals surface area (Å²) in [5.41, 5.74) is 5.58. The van der Waals surface area contributed by atoms with Gasteiger partial charge in [0.25, 0.3) is 0 Å². The van der Waals surface area contributed by atoms with Crippen LogP contribution in [0.2, 0.25) is 0 Å². The third-order valence-corrected chi connectivity index (χ3v) is 6.76. The summed E-state index contributed by atoms with van der Waals surface area (Å²) in [6.07, 6.45) is 3.68. The highest BCUT2D eigenvalue weighted by molar-refractivity contribution is 7.07. The number of carbonyl (C=O) groups is 1. The van der Waals surface area contributed by atoms with Gasteiger partial charge in [0.15, 0.2) is 0 Å². The fourth-order valence-corrected chi connectivity index (χ4v) is 4.99. The molecule has 4 heterocycles. The van der Waals surface area contributed by atoms with E-state index in [4.69, 9.17) is 9.72 Å². The van der Waals surface area contributed by atoms with Crippen LogP contribution in [-0.4, -0.2) is 69.3 Å². The molecule has 3 aromatic heterocycles. The average Bonchev–Trinajstić information content (AvgIpc) is 3.50. The van der Waals surface area contributed by atoms with Gasteiger partial charge in [-0.05, 0) is 18.6 Å². The second kappa shape index (κ2) is 9.78. The van der Waals surface area contributed by atoms with Crippen LogP contribution in [-0.2, 0) is 11.3 Å². The number of aromatic nitrogens is 4. The molecule has 5 rings (SSSR count). The Morgan fingerprint density at radius 1 is 1.24 bits per heavy atom. The molecule has 1 unspecified atom stereocenters. The minimum Gasteiger partial charge on any atom is -0.480 e. The highest BCUT2D eigenvalue weighted by Gasteiger charge is 2.28. The molecule has 1 aromatic carbocycles. The summed E-state index contributed by atoms with van der Waals surface area (Å²) < 4.78 is 5.58. The molecule has 1 fully saturated rings. The molecule has 0 radical (unpaired) electrons. The van der Waals surface area contributed by atoms with Crippen LogP contribution in [0.25, 0.3) is 22.2 Å². The zero-order valence-electron chi connectivity index (χ0n) is 18.5. The van der Waals surface area contributed by atoms with Gasteiger partial charge in [0.1, 0.15) is 12.1 Å². The van der Waals surface area contributed by atoms with Crippen molar-refractivity contribution in [3.05, 3.63) is 58.9 Å². The second-order valence-electron chi connectivity index (χ2n) is 8.14. The standard InChI is InChI=1S/C24H26N6O2S/c1-32-24-19(12-17-4-2-3-5-20(17)28-24)21-13-25-23(27-21)22-6-7-29(8-9-30(22)10-11-31)14-18-15-33-16-26-18/h2-5,11-13,15-16,22H,6-10,14H2,1H3,(H,25,27). The number of para-hydroxylation sites is 1. The number of thiazole rings is 1. The number of fused-ring (bicyclic) bond motifs is 1. The van der Waals surface area contributed by atoms with Crippen LogP contribution in [0.4, 0.5) is 0 Å². The van der Waals surface area contributed by atoms with E-state index < -0.39 is 0 Å². The Balaban J connectivity index is 1.41. The molecular formula is C24H26N6O2S. The number of nitrogens with one attached hydrogen (secondary N) is 1. The van der Waals surface area contributed by atoms with Crippen molar-refractivity contribution < 1.29 is 9.53 Å². The van der Waals surface area contributed by atoms with Crippen LogP contribution in [0.5, 0.6) is 5.88 Å². The van der Waals surface area contributed by atoms with Gasteiger partial charge in [-0.2, -0.15) is 0 Å². The van der Waals surface area contributed by atoms with Crippen LogP contribution >= 0.6 is 11.3 Å². The molecule has 0 spiro atoms. The summed E-state index contributed by atoms with van der Waals surface area (Å²) in [7, 11) is 1.63. The molecule has 1 aliphatic rings. The monoisotopic (exact) mass is 462 g/mol. The molecule has 9 heteroatoms. The first-order valence-corrected chi connectivity index (χ1v) is 12.0. The highest BCUT2D eigenvalue weighted by atomic mass is 32.1. The number of imidazole rings is 1. The number of pyridine rings is 1. The normalized spacial score (nSPS) is 17.8. The molecular weight excluding hydrogens is 436 g/mol. The van der Waals surface area contributed by atoms with E-state index in [2.05, 4.69) is 36.2 Å². The predicted molar refractivity (Wildman–Crippen MR) is 128 cm³/mol. The Morgan fingerprint density at radius 3 is 2.97 bits per heavy atom. The third kappa shape index (κ3) is 4.66. The molecule has 1 aliphatic heterocycles. The van der Waals surface area contributed by atoms with Gasteiger partial charge in [0.05, 0.1) is 53.9 Å². The number of aromatic amines is 1. The molecule has 0 saturated carbocycles. The lowest BCUT2D eigenvalue weighted by Crippen LogP contribution is -2.33. The van der Waals surface area contributed by atoms with Gasteiger partial charge in [0.2, 0.25) is 5.88 Å². The minimum atomic E-state index is 0.0313. The molecule has 1 N–H and O–H groups in total. The fourth-order valence-electron chi connectivity index (χ4n) is 4.44. The number of hydrogen-bond donors (Lipinski definition) is 1. The van der Waals surface area contributed by atoms with E-state index in [1.54, 1.807) is 18.4 Å². The van der Waals surface area contributed by atoms with Crippen LogP contribution in [0.3, 0.4) is 0 Å². The fraction of sp³-hybridized carbons (Fsp3) is 0.333. The van der Waals surface area contributed by atoms with Crippen molar-refractivity contribution in [1.29, 1.82) is 0 Å². The number of aldehydes is 1. The van der Waals surface area contributed by atoms with Crippen LogP contribution in [0.1, 0.15) is 24.0 Å². The van der Waals surface area contributed by atoms with Crippen molar-refractivity contribution in [1.82, 2.24) is 29.7 Å². The van der Waals surface area contributed by atoms with E-state index in [9.17, 15) is 4.79 Å². The summed E-state index contributed by atoms with van der Waals surface area (Å²) in [6, 6.07) is 10.1. The van der Waals surface area contributed by atoms with E-state index in [1.807, 2.05) is 36.0 Å². The number of carbonyl (C=O) groups excluding carboxylic acids is 1. The van der Waals surface area contributed by atoms with Gasteiger partial charge in [-0.25, -0.2) is 15.0 Å². The summed E-state index contributed by atoms with van der Waals surface area (Å²) in [4.78, 5) is 33.3. The van der Waals surface area contributed by atoms with Gasteiger partial charge >= 0.3 is 0 Å². The topological polar surface area (TPSA) is 87.2 Å². The lowest BCUT2D eigenvalue weighted by atomic mass is 10.1. The van der Waals surface area contributed by atoms with Crippen LogP contribution in [0, 0.1) is 0 Å². The average molecular weight is 463 g/mol. The van der Waals surface area contributed by atoms with Crippen molar-refractivity contribution in [3.63, 3.8) is 0 Å². The quantitative estimate of drug-likeness (QED) is 0.420. The molecule has 0 amide bonds. The van der Waals surface area contributed by atoms with Crippen molar-refractivity contribution in [2.24, 2.45) is 0 Å². The molecule has 170 valence electrons. The maximum atomic E-state index is 11.4. The SMILES string of the molecule is COc1nc2ccccc2cc1-c1cnc(C2CCN(Cc3cscn3)CCN2CC=O)[nH]1. The summed E-state index contributed by atoms with van der Waals surface area (Å²) in [5, 5.41) is 3.13. The van der Waals surface area contributed by atoms with Crippen molar-refractivity contribution in [2.45, 2.75) is 19.0 Å². The van der Waals surface area contributed by atoms with Crippen molar-refractivity contribution in [2.75, 3.05) is 33.3 Å². The lowest BCUT2D eigenvalue weighted by Gasteiger charge is -2.25. The van der Waals surface area contributed by atoms with E-state index >= 15 is 0 Å². The number of ether oxygens (including phenoxy) is 1. The number of nitrogens with zero attached hydrogens (tertiary/aromatic N) is 5. The number of benzene rings is 1. The minimum absolute atomic E-state index is 0.0313. The highest BCUT2D eigenvalue weighted by Crippen LogP contribution is 2.33. The Bertz CT molecular complexity index is 1220. The van der Waals surface area contributed by atoms with E-state index in [0.717, 1.165) is 72.6 Å². The smallest absolute Gasteiger partial charge is 0.223 e. The van der Waals surface area contributed by atoms with Crippen LogP contribution < -0.4 is 4.74 Å². The number of H-pyrrole nitrogens is 1. The molecule has 0 aliphatic carbocycles. The van der Waals surface area contributed by atoms with Gasteiger partial charge in [-0.15, -0.1) is 11.3 Å². The zero-order chi connectivity index (χ0) is 22.6. The summed E-state index contributed by atoms with van der Waals surface area (Å²) in [6.45, 7) is 3.80. The second-order valence-corrected chi connectivity index (χ2v) is 8.86. The molecule has 1 atom stereocenters. The van der Waals surface area contributed by atoms with Gasteiger partial charge in [-0.1, -0.05) is 18.2 Å². The maximum Gasteiger partial charge on any atom is 0.223 e. The first kappa shape index (κ1) is 21.7. The number of methoxy groups -OCH3 is 1. The number of rotatable bonds is 7. The third-order valence-electron chi connectivity index (χ3n) is 6.12. The van der Waals surface area contributed by atoms with E-state index in [-0.39, 0.29) is 6.04 Å². The molecule has 4 aromatic rings. The first-order valence-electron chi connectivity index (χ1n) is 11.0. The van der Waals surface area contributed by atoms with Gasteiger partial charge < -0.3 is 14.5 Å². The number of hydrogen-bond acceptors (Lipinski definition) is 8. The van der Waals surface area contributed by atoms with E-state index in [0.29, 0.717) is 12.4 Å². The largest absolute Gasteiger partial charge is 0.480 e. The van der Waals surface area contributed by atoms with E-state index in [1.165, 1.54) is 0 Å². The zero-order valence-corrected chi connectivity index (χ0v) is 19.3. The molecule has 8 nitrogen and oxygen atoms in total. The first-order chi connectivity index (χ1) is 16.2. The molecule has 0 bridgehead atoms. The van der Waals surface area contributed by atoms with Gasteiger partial charge in [-0.3, -0.25) is 9.80 Å². The van der Waals surface area contributed by atoms with Crippen molar-refractivity contribution >= 4 is 28.5 Å². The Morgan fingerprint density at radius 2 is 2.15 bits per heavy atom.